The molecule has 29 heavy (non-hydrogen) atoms. The number of anilines is 1. The maximum atomic E-state index is 13.1. The Labute approximate surface area is 178 Å². The number of hydrogen-bond donors (Lipinski definition) is 1. The van der Waals surface area contributed by atoms with Crippen molar-refractivity contribution in [2.75, 3.05) is 10.7 Å². The summed E-state index contributed by atoms with van der Waals surface area (Å²) in [6, 6.07) is 10.2. The molecule has 0 fully saturated rings. The lowest BCUT2D eigenvalue weighted by molar-refractivity contribution is -0.116. The smallest absolute Gasteiger partial charge is 0.219 e. The van der Waals surface area contributed by atoms with Crippen molar-refractivity contribution in [1.82, 2.24) is 10.2 Å². The molecule has 2 N–H and O–H groups in total. The van der Waals surface area contributed by atoms with Gasteiger partial charge in [0.25, 0.3) is 0 Å². The Kier molecular flexibility index (Phi) is 5.43. The van der Waals surface area contributed by atoms with Gasteiger partial charge in [0.05, 0.1) is 17.6 Å². The van der Waals surface area contributed by atoms with Gasteiger partial charge in [0.15, 0.2) is 10.1 Å². The van der Waals surface area contributed by atoms with Crippen LogP contribution in [-0.4, -0.2) is 21.7 Å². The van der Waals surface area contributed by atoms with E-state index in [0.29, 0.717) is 28.5 Å². The van der Waals surface area contributed by atoms with Crippen LogP contribution in [0.25, 0.3) is 0 Å². The number of benzene rings is 1. The predicted octanol–water partition coefficient (Wildman–Crippen LogP) is 4.26. The molecule has 0 bridgehead atoms. The van der Waals surface area contributed by atoms with Crippen LogP contribution in [0, 0.1) is 18.3 Å². The van der Waals surface area contributed by atoms with Crippen LogP contribution in [0.5, 0.6) is 0 Å². The standard InChI is InChI=1S/C21H21N5OS2/c1-3-28-21-25-24-20(29-21)26-15-9-6-10-16(27)18(15)17(14(11-22)19(26)23)13-8-5-4-7-12(13)2/h4-5,7-8,17H,3,6,9-10,23H2,1-2H3. The van der Waals surface area contributed by atoms with Crippen LogP contribution in [0.1, 0.15) is 43.2 Å². The number of aryl methyl sites for hydroxylation is 1. The first-order valence-electron chi connectivity index (χ1n) is 9.54. The molecule has 1 atom stereocenters. The predicted molar refractivity (Wildman–Crippen MR) is 115 cm³/mol. The van der Waals surface area contributed by atoms with Gasteiger partial charge in [0, 0.05) is 17.7 Å². The number of carbonyl (C=O) groups excluding carboxylic acids is 1. The first kappa shape index (κ1) is 19.7. The molecule has 2 aromatic rings. The number of allylic oxidation sites excluding steroid dienone is 3. The Morgan fingerprint density at radius 1 is 1.34 bits per heavy atom. The number of hydrogen-bond acceptors (Lipinski definition) is 8. The molecule has 0 amide bonds. The van der Waals surface area contributed by atoms with Crippen molar-refractivity contribution < 1.29 is 4.79 Å². The number of aromatic nitrogens is 2. The first-order chi connectivity index (χ1) is 14.1. The van der Waals surface area contributed by atoms with Crippen LogP contribution in [0.4, 0.5) is 5.13 Å². The Morgan fingerprint density at radius 3 is 2.86 bits per heavy atom. The van der Waals surface area contributed by atoms with Gasteiger partial charge < -0.3 is 5.73 Å². The van der Waals surface area contributed by atoms with Crippen molar-refractivity contribution in [3.8, 4) is 6.07 Å². The summed E-state index contributed by atoms with van der Waals surface area (Å²) >= 11 is 3.05. The molecule has 2 heterocycles. The Hall–Kier alpha value is -2.63. The zero-order chi connectivity index (χ0) is 20.5. The number of carbonyl (C=O) groups is 1. The Balaban J connectivity index is 1.93. The van der Waals surface area contributed by atoms with Crippen LogP contribution in [0.15, 0.2) is 51.3 Å². The Morgan fingerprint density at radius 2 is 2.14 bits per heavy atom. The van der Waals surface area contributed by atoms with Crippen LogP contribution >= 0.6 is 23.1 Å². The number of nitriles is 1. The molecule has 1 aliphatic carbocycles. The molecule has 2 aliphatic rings. The highest BCUT2D eigenvalue weighted by molar-refractivity contribution is 8.01. The lowest BCUT2D eigenvalue weighted by Crippen LogP contribution is -2.38. The van der Waals surface area contributed by atoms with Gasteiger partial charge in [-0.15, -0.1) is 10.2 Å². The first-order valence-corrected chi connectivity index (χ1v) is 11.3. The second-order valence-electron chi connectivity index (χ2n) is 6.96. The van der Waals surface area contributed by atoms with Crippen LogP contribution in [0.2, 0.25) is 0 Å². The van der Waals surface area contributed by atoms with Gasteiger partial charge in [0.2, 0.25) is 5.13 Å². The molecule has 1 aromatic heterocycles. The minimum absolute atomic E-state index is 0.0809. The number of ketones is 1. The van der Waals surface area contributed by atoms with E-state index in [0.717, 1.165) is 39.8 Å². The monoisotopic (exact) mass is 423 g/mol. The molecule has 148 valence electrons. The van der Waals surface area contributed by atoms with E-state index in [1.807, 2.05) is 31.2 Å². The quantitative estimate of drug-likeness (QED) is 0.734. The molecule has 1 unspecified atom stereocenters. The lowest BCUT2D eigenvalue weighted by Gasteiger charge is -2.38. The number of thioether (sulfide) groups is 1. The van der Waals surface area contributed by atoms with Crippen LogP contribution < -0.4 is 10.6 Å². The number of nitrogens with zero attached hydrogens (tertiary/aromatic N) is 4. The van der Waals surface area contributed by atoms with Crippen LogP contribution in [0.3, 0.4) is 0 Å². The lowest BCUT2D eigenvalue weighted by atomic mass is 9.75. The van der Waals surface area contributed by atoms with E-state index in [4.69, 9.17) is 5.73 Å². The van der Waals surface area contributed by atoms with Crippen molar-refractivity contribution in [1.29, 1.82) is 5.26 Å². The van der Waals surface area contributed by atoms with Gasteiger partial charge in [-0.3, -0.25) is 9.69 Å². The third-order valence-electron chi connectivity index (χ3n) is 5.27. The molecule has 0 spiro atoms. The third kappa shape index (κ3) is 3.34. The zero-order valence-corrected chi connectivity index (χ0v) is 17.9. The van der Waals surface area contributed by atoms with Crippen molar-refractivity contribution in [2.24, 2.45) is 5.73 Å². The summed E-state index contributed by atoms with van der Waals surface area (Å²) in [6.45, 7) is 4.06. The fourth-order valence-electron chi connectivity index (χ4n) is 4.00. The summed E-state index contributed by atoms with van der Waals surface area (Å²) in [4.78, 5) is 14.9. The second kappa shape index (κ2) is 8.01. The van der Waals surface area contributed by atoms with Crippen molar-refractivity contribution in [3.05, 3.63) is 58.1 Å². The van der Waals surface area contributed by atoms with Gasteiger partial charge in [0.1, 0.15) is 5.82 Å². The summed E-state index contributed by atoms with van der Waals surface area (Å²) in [5.74, 6) is 0.888. The van der Waals surface area contributed by atoms with Gasteiger partial charge in [-0.05, 0) is 36.6 Å². The van der Waals surface area contributed by atoms with Gasteiger partial charge in [-0.1, -0.05) is 54.3 Å². The molecule has 4 rings (SSSR count). The number of nitrogens with two attached hydrogens (primary N) is 1. The minimum atomic E-state index is -0.433. The summed E-state index contributed by atoms with van der Waals surface area (Å²) in [5.41, 5.74) is 10.5. The average molecular weight is 424 g/mol. The molecular formula is C21H21N5OS2. The van der Waals surface area contributed by atoms with Crippen LogP contribution in [-0.2, 0) is 4.79 Å². The zero-order valence-electron chi connectivity index (χ0n) is 16.3. The van der Waals surface area contributed by atoms with Crippen molar-refractivity contribution in [2.45, 2.75) is 43.4 Å². The van der Waals surface area contributed by atoms with Crippen molar-refractivity contribution in [3.63, 3.8) is 0 Å². The summed E-state index contributed by atoms with van der Waals surface area (Å²) in [5, 5.41) is 19.2. The Bertz CT molecular complexity index is 1080. The van der Waals surface area contributed by atoms with Gasteiger partial charge >= 0.3 is 0 Å². The van der Waals surface area contributed by atoms with Crippen molar-refractivity contribution >= 4 is 34.0 Å². The number of rotatable bonds is 4. The summed E-state index contributed by atoms with van der Waals surface area (Å²) in [6.07, 6.45) is 1.97. The topological polar surface area (TPSA) is 95.9 Å². The molecule has 0 saturated heterocycles. The number of Topliss-reactive ketones (excluding diaryl/α,β-unsaturated/α-hetero) is 1. The van der Waals surface area contributed by atoms with Gasteiger partial charge in [-0.2, -0.15) is 5.26 Å². The highest BCUT2D eigenvalue weighted by atomic mass is 32.2. The molecular weight excluding hydrogens is 402 g/mol. The molecule has 0 saturated carbocycles. The maximum absolute atomic E-state index is 13.1. The van der Waals surface area contributed by atoms with E-state index in [-0.39, 0.29) is 5.78 Å². The SMILES string of the molecule is CCSc1nnc(N2C(N)=C(C#N)C(c3ccccc3C)C3=C2CCCC3=O)s1. The van der Waals surface area contributed by atoms with Gasteiger partial charge in [-0.25, -0.2) is 0 Å². The normalized spacial score (nSPS) is 19.4. The van der Waals surface area contributed by atoms with E-state index < -0.39 is 5.92 Å². The third-order valence-corrected chi connectivity index (χ3v) is 7.19. The van der Waals surface area contributed by atoms with E-state index in [2.05, 4.69) is 23.2 Å². The average Bonchev–Trinajstić information content (AvgIpc) is 3.16. The minimum Gasteiger partial charge on any atom is -0.384 e. The second-order valence-corrected chi connectivity index (χ2v) is 9.42. The maximum Gasteiger partial charge on any atom is 0.219 e. The highest BCUT2D eigenvalue weighted by Crippen LogP contribution is 2.47. The highest BCUT2D eigenvalue weighted by Gasteiger charge is 2.41. The van der Waals surface area contributed by atoms with E-state index in [1.54, 1.807) is 16.7 Å². The summed E-state index contributed by atoms with van der Waals surface area (Å²) < 4.78 is 0.846. The van der Waals surface area contributed by atoms with E-state index >= 15 is 0 Å². The fraction of sp³-hybridized carbons (Fsp3) is 0.333. The molecule has 1 aromatic carbocycles. The van der Waals surface area contributed by atoms with E-state index in [1.165, 1.54) is 11.3 Å². The van der Waals surface area contributed by atoms with E-state index in [9.17, 15) is 10.1 Å². The largest absolute Gasteiger partial charge is 0.384 e. The molecule has 6 nitrogen and oxygen atoms in total. The summed E-state index contributed by atoms with van der Waals surface area (Å²) in [7, 11) is 0. The molecule has 1 aliphatic heterocycles. The fourth-order valence-corrected chi connectivity index (χ4v) is 5.78. The molecule has 0 radical (unpaired) electrons. The molecule has 8 heteroatoms.